The van der Waals surface area contributed by atoms with Crippen LogP contribution in [0.4, 0.5) is 37.7 Å². The van der Waals surface area contributed by atoms with E-state index in [4.69, 9.17) is 0 Å². The number of carbonyl (C=O) groups excluding carboxylic acids is 1. The molecule has 4 nitrogen and oxygen atoms in total. The van der Waals surface area contributed by atoms with Gasteiger partial charge in [0.25, 0.3) is 5.91 Å². The second kappa shape index (κ2) is 8.57. The second-order valence-corrected chi connectivity index (χ2v) is 7.90. The van der Waals surface area contributed by atoms with E-state index in [2.05, 4.69) is 10.3 Å². The Morgan fingerprint density at radius 2 is 1.61 bits per heavy atom. The minimum atomic E-state index is -4.47. The van der Waals surface area contributed by atoms with Crippen molar-refractivity contribution < 1.29 is 31.1 Å². The number of nitrogens with zero attached hydrogens (tertiary/aromatic N) is 2. The van der Waals surface area contributed by atoms with Crippen molar-refractivity contribution in [1.29, 1.82) is 0 Å². The van der Waals surface area contributed by atoms with Crippen molar-refractivity contribution in [3.8, 4) is 0 Å². The summed E-state index contributed by atoms with van der Waals surface area (Å²) in [5, 5.41) is 3.60. The van der Waals surface area contributed by atoms with Gasteiger partial charge in [0.1, 0.15) is 0 Å². The Morgan fingerprint density at radius 1 is 0.939 bits per heavy atom. The lowest BCUT2D eigenvalue weighted by Gasteiger charge is -2.33. The van der Waals surface area contributed by atoms with Crippen LogP contribution >= 0.6 is 0 Å². The van der Waals surface area contributed by atoms with Gasteiger partial charge < -0.3 is 10.2 Å². The van der Waals surface area contributed by atoms with E-state index in [1.54, 1.807) is 30.3 Å². The van der Waals surface area contributed by atoms with Crippen LogP contribution in [0.5, 0.6) is 0 Å². The van der Waals surface area contributed by atoms with E-state index in [0.29, 0.717) is 22.3 Å². The Bertz CT molecular complexity index is 1150. The summed E-state index contributed by atoms with van der Waals surface area (Å²) >= 11 is 0. The number of piperidine rings is 1. The zero-order valence-corrected chi connectivity index (χ0v) is 17.2. The fourth-order valence-corrected chi connectivity index (χ4v) is 3.88. The normalized spacial score (nSPS) is 15.6. The highest BCUT2D eigenvalue weighted by molar-refractivity contribution is 5.96. The van der Waals surface area contributed by atoms with Crippen molar-refractivity contribution in [2.24, 2.45) is 5.92 Å². The highest BCUT2D eigenvalue weighted by Gasteiger charge is 2.41. The molecule has 1 aromatic heterocycles. The Morgan fingerprint density at radius 3 is 2.21 bits per heavy atom. The van der Waals surface area contributed by atoms with E-state index >= 15 is 0 Å². The Kier molecular flexibility index (Phi) is 5.94. The number of amides is 1. The van der Waals surface area contributed by atoms with Crippen LogP contribution in [-0.2, 0) is 6.18 Å². The maximum absolute atomic E-state index is 12.9. The number of likely N-dealkylation sites (tertiary alicyclic amines) is 1. The number of fused-ring (bicyclic) bond motifs is 1. The average Bonchev–Trinajstić information content (AvgIpc) is 2.78. The molecule has 0 atom stereocenters. The van der Waals surface area contributed by atoms with E-state index in [0.717, 1.165) is 12.1 Å². The number of alkyl halides is 6. The molecule has 0 radical (unpaired) electrons. The van der Waals surface area contributed by atoms with E-state index in [9.17, 15) is 31.1 Å². The zero-order chi connectivity index (χ0) is 23.8. The van der Waals surface area contributed by atoms with Crippen LogP contribution in [0, 0.1) is 5.92 Å². The van der Waals surface area contributed by atoms with Crippen LogP contribution < -0.4 is 5.32 Å². The predicted molar refractivity (Wildman–Crippen MR) is 111 cm³/mol. The fourth-order valence-electron chi connectivity index (χ4n) is 3.88. The molecule has 1 aliphatic heterocycles. The summed E-state index contributed by atoms with van der Waals surface area (Å²) in [4.78, 5) is 18.1. The molecule has 0 saturated carbocycles. The third kappa shape index (κ3) is 5.04. The SMILES string of the molecule is O=C(c1ccc(Nc2ccnc3cc(C(F)(F)F)ccc23)cc1)N1CCC(C(F)(F)F)CC1. The Hall–Kier alpha value is -3.30. The number of anilines is 2. The molecule has 0 bridgehead atoms. The largest absolute Gasteiger partial charge is 0.416 e. The molecule has 3 aromatic rings. The van der Waals surface area contributed by atoms with Gasteiger partial charge in [0.2, 0.25) is 0 Å². The highest BCUT2D eigenvalue weighted by atomic mass is 19.4. The molecule has 1 aliphatic rings. The van der Waals surface area contributed by atoms with Crippen LogP contribution in [0.1, 0.15) is 28.8 Å². The van der Waals surface area contributed by atoms with E-state index in [-0.39, 0.29) is 37.4 Å². The van der Waals surface area contributed by atoms with Gasteiger partial charge in [0.15, 0.2) is 0 Å². The summed E-state index contributed by atoms with van der Waals surface area (Å²) in [7, 11) is 0. The first-order valence-electron chi connectivity index (χ1n) is 10.2. The van der Waals surface area contributed by atoms with Crippen LogP contribution in [-0.4, -0.2) is 35.1 Å². The van der Waals surface area contributed by atoms with Crippen molar-refractivity contribution in [2.45, 2.75) is 25.2 Å². The van der Waals surface area contributed by atoms with Crippen molar-refractivity contribution in [3.63, 3.8) is 0 Å². The summed E-state index contributed by atoms with van der Waals surface area (Å²) in [5.74, 6) is -1.72. The number of carbonyl (C=O) groups is 1. The molecule has 1 fully saturated rings. The Balaban J connectivity index is 1.46. The van der Waals surface area contributed by atoms with Crippen LogP contribution in [0.3, 0.4) is 0 Å². The molecule has 2 aromatic carbocycles. The number of halogens is 6. The van der Waals surface area contributed by atoms with Crippen molar-refractivity contribution in [3.05, 3.63) is 65.9 Å². The molecule has 0 unspecified atom stereocenters. The number of aromatic nitrogens is 1. The quantitative estimate of drug-likeness (QED) is 0.453. The van der Waals surface area contributed by atoms with Crippen molar-refractivity contribution in [2.75, 3.05) is 18.4 Å². The van der Waals surface area contributed by atoms with Crippen LogP contribution in [0.2, 0.25) is 0 Å². The lowest BCUT2D eigenvalue weighted by molar-refractivity contribution is -0.183. The standard InChI is InChI=1S/C23H19F6N3O/c24-22(25,26)15-8-11-32(12-9-15)21(33)14-1-4-17(5-2-14)31-19-7-10-30-20-13-16(23(27,28)29)3-6-18(19)20/h1-7,10,13,15H,8-9,11-12H2,(H,30,31). The van der Waals surface area contributed by atoms with Crippen molar-refractivity contribution >= 4 is 28.2 Å². The second-order valence-electron chi connectivity index (χ2n) is 7.90. The maximum Gasteiger partial charge on any atom is 0.416 e. The van der Waals surface area contributed by atoms with E-state index in [1.807, 2.05) is 0 Å². The van der Waals surface area contributed by atoms with Gasteiger partial charge in [-0.2, -0.15) is 26.3 Å². The van der Waals surface area contributed by atoms with Gasteiger partial charge >= 0.3 is 12.4 Å². The zero-order valence-electron chi connectivity index (χ0n) is 17.2. The molecule has 0 spiro atoms. The third-order valence-corrected chi connectivity index (χ3v) is 5.73. The molecule has 4 rings (SSSR count). The third-order valence-electron chi connectivity index (χ3n) is 5.73. The molecule has 10 heteroatoms. The maximum atomic E-state index is 12.9. The van der Waals surface area contributed by atoms with Gasteiger partial charge in [-0.25, -0.2) is 0 Å². The number of hydrogen-bond donors (Lipinski definition) is 1. The van der Waals surface area contributed by atoms with Gasteiger partial charge in [-0.3, -0.25) is 9.78 Å². The van der Waals surface area contributed by atoms with Gasteiger partial charge in [-0.05, 0) is 55.3 Å². The topological polar surface area (TPSA) is 45.2 Å². The molecular weight excluding hydrogens is 448 g/mol. The highest BCUT2D eigenvalue weighted by Crippen LogP contribution is 2.35. The summed E-state index contributed by atoms with van der Waals surface area (Å²) in [6.45, 7) is 0.0951. The predicted octanol–water partition coefficient (Wildman–Crippen LogP) is 6.41. The number of pyridine rings is 1. The fraction of sp³-hybridized carbons (Fsp3) is 0.304. The first kappa shape index (κ1) is 22.9. The summed E-state index contributed by atoms with van der Waals surface area (Å²) in [5.41, 5.74) is 0.878. The summed E-state index contributed by atoms with van der Waals surface area (Å²) in [6, 6.07) is 11.3. The van der Waals surface area contributed by atoms with Crippen LogP contribution in [0.15, 0.2) is 54.7 Å². The number of benzene rings is 2. The minimum absolute atomic E-state index is 0.0475. The average molecular weight is 467 g/mol. The minimum Gasteiger partial charge on any atom is -0.355 e. The molecule has 1 N–H and O–H groups in total. The summed E-state index contributed by atoms with van der Waals surface area (Å²) < 4.78 is 77.3. The smallest absolute Gasteiger partial charge is 0.355 e. The molecule has 33 heavy (non-hydrogen) atoms. The molecule has 1 amide bonds. The van der Waals surface area contributed by atoms with Crippen LogP contribution in [0.25, 0.3) is 10.9 Å². The van der Waals surface area contributed by atoms with Gasteiger partial charge in [0.05, 0.1) is 17.0 Å². The Labute approximate surface area is 185 Å². The first-order chi connectivity index (χ1) is 15.5. The number of hydrogen-bond acceptors (Lipinski definition) is 3. The molecule has 2 heterocycles. The number of rotatable bonds is 3. The molecule has 1 saturated heterocycles. The van der Waals surface area contributed by atoms with Gasteiger partial charge in [-0.1, -0.05) is 6.07 Å². The number of nitrogens with one attached hydrogen (secondary N) is 1. The van der Waals surface area contributed by atoms with E-state index in [1.165, 1.54) is 17.2 Å². The lowest BCUT2D eigenvalue weighted by Crippen LogP contribution is -2.42. The molecule has 0 aliphatic carbocycles. The monoisotopic (exact) mass is 467 g/mol. The lowest BCUT2D eigenvalue weighted by atomic mass is 9.96. The van der Waals surface area contributed by atoms with Gasteiger partial charge in [0, 0.05) is 41.6 Å². The van der Waals surface area contributed by atoms with E-state index < -0.39 is 23.8 Å². The molecular formula is C23H19F6N3O. The van der Waals surface area contributed by atoms with Gasteiger partial charge in [-0.15, -0.1) is 0 Å². The molecule has 174 valence electrons. The summed E-state index contributed by atoms with van der Waals surface area (Å²) in [6.07, 6.45) is -7.54. The van der Waals surface area contributed by atoms with Crippen molar-refractivity contribution in [1.82, 2.24) is 9.88 Å². The first-order valence-corrected chi connectivity index (χ1v) is 10.2.